The molecule has 0 amide bonds. The number of hydrogen-bond donors (Lipinski definition) is 0. The Kier molecular flexibility index (Phi) is 31.0. The van der Waals surface area contributed by atoms with Gasteiger partial charge in [0.15, 0.2) is 0 Å². The zero-order chi connectivity index (χ0) is 46.5. The summed E-state index contributed by atoms with van der Waals surface area (Å²) in [4.78, 5) is -0.0633. The standard InChI is InChI=1S/2C28H44O3S.Zn/c2*1-3-5-7-9-11-13-15-17-24-19-21-26-25(23-24)20-22-28(32(29,30)31)27(26)18-16-14-12-10-8-6-4-2;/h2*19-23H,3-18H2,1-2H3,(H,29,30,31);/q;;+2/p-2. The normalized spacial score (nSPS) is 11.8. The molecule has 4 aromatic rings. The molecule has 9 heteroatoms. The minimum absolute atomic E-state index is 0. The minimum atomic E-state index is -4.47. The van der Waals surface area contributed by atoms with Gasteiger partial charge in [0.1, 0.15) is 20.2 Å². The number of fused-ring (bicyclic) bond motifs is 2. The van der Waals surface area contributed by atoms with Crippen LogP contribution in [0.25, 0.3) is 21.5 Å². The van der Waals surface area contributed by atoms with Crippen molar-refractivity contribution in [2.24, 2.45) is 0 Å². The van der Waals surface area contributed by atoms with Gasteiger partial charge in [0.05, 0.1) is 9.79 Å². The van der Waals surface area contributed by atoms with Gasteiger partial charge in [0.2, 0.25) is 0 Å². The summed E-state index contributed by atoms with van der Waals surface area (Å²) in [7, 11) is -8.93. The first-order valence-electron chi connectivity index (χ1n) is 25.9. The smallest absolute Gasteiger partial charge is 0.744 e. The molecular formula is C56H86O6S2Zn. The number of rotatable bonds is 34. The maximum Gasteiger partial charge on any atom is 2.00 e. The van der Waals surface area contributed by atoms with E-state index in [9.17, 15) is 25.9 Å². The molecule has 0 bridgehead atoms. The third-order valence-corrected chi connectivity index (χ3v) is 14.9. The summed E-state index contributed by atoms with van der Waals surface area (Å²) in [5.41, 5.74) is 4.03. The van der Waals surface area contributed by atoms with E-state index in [0.29, 0.717) is 24.0 Å². The summed E-state index contributed by atoms with van der Waals surface area (Å²) in [6, 6.07) is 19.4. The van der Waals surface area contributed by atoms with E-state index in [1.807, 2.05) is 24.3 Å². The molecule has 0 aromatic heterocycles. The predicted molar refractivity (Wildman–Crippen MR) is 271 cm³/mol. The Labute approximate surface area is 410 Å². The summed E-state index contributed by atoms with van der Waals surface area (Å²) >= 11 is 0. The summed E-state index contributed by atoms with van der Waals surface area (Å²) in [5, 5.41) is 3.96. The largest absolute Gasteiger partial charge is 2.00 e. The molecule has 0 aliphatic rings. The molecular weight excluding hydrogens is 898 g/mol. The van der Waals surface area contributed by atoms with Crippen LogP contribution in [0.1, 0.15) is 230 Å². The summed E-state index contributed by atoms with van der Waals surface area (Å²) < 4.78 is 71.3. The fourth-order valence-corrected chi connectivity index (χ4v) is 10.7. The van der Waals surface area contributed by atoms with Crippen molar-refractivity contribution in [3.8, 4) is 0 Å². The van der Waals surface area contributed by atoms with Gasteiger partial charge in [-0.25, -0.2) is 16.8 Å². The van der Waals surface area contributed by atoms with E-state index < -0.39 is 20.2 Å². The van der Waals surface area contributed by atoms with Gasteiger partial charge in [-0.3, -0.25) is 0 Å². The average molecular weight is 985 g/mol. The molecule has 0 aliphatic heterocycles. The van der Waals surface area contributed by atoms with Gasteiger partial charge in [-0.05, 0) is 107 Å². The molecule has 6 nitrogen and oxygen atoms in total. The van der Waals surface area contributed by atoms with E-state index >= 15 is 0 Å². The molecule has 0 saturated heterocycles. The molecule has 4 aromatic carbocycles. The monoisotopic (exact) mass is 983 g/mol. The topological polar surface area (TPSA) is 114 Å². The Morgan fingerprint density at radius 2 is 0.600 bits per heavy atom. The minimum Gasteiger partial charge on any atom is -0.744 e. The van der Waals surface area contributed by atoms with E-state index in [0.717, 1.165) is 60.1 Å². The van der Waals surface area contributed by atoms with Crippen molar-refractivity contribution in [2.45, 2.75) is 243 Å². The summed E-state index contributed by atoms with van der Waals surface area (Å²) in [6.07, 6.45) is 37.9. The first-order valence-corrected chi connectivity index (χ1v) is 28.8. The van der Waals surface area contributed by atoms with Gasteiger partial charge in [-0.1, -0.05) is 230 Å². The number of hydrogen-bond acceptors (Lipinski definition) is 6. The van der Waals surface area contributed by atoms with Crippen LogP contribution in [-0.2, 0) is 65.4 Å². The Morgan fingerprint density at radius 1 is 0.338 bits per heavy atom. The first-order chi connectivity index (χ1) is 30.9. The van der Waals surface area contributed by atoms with E-state index in [1.165, 1.54) is 177 Å². The van der Waals surface area contributed by atoms with Gasteiger partial charge in [0, 0.05) is 0 Å². The van der Waals surface area contributed by atoms with Gasteiger partial charge >= 0.3 is 19.5 Å². The van der Waals surface area contributed by atoms with Crippen LogP contribution in [0.5, 0.6) is 0 Å². The Hall–Kier alpha value is -2.16. The number of unbranched alkanes of at least 4 members (excludes halogenated alkanes) is 24. The fourth-order valence-electron chi connectivity index (χ4n) is 9.23. The molecule has 0 heterocycles. The van der Waals surface area contributed by atoms with Crippen LogP contribution in [0.15, 0.2) is 70.5 Å². The quantitative estimate of drug-likeness (QED) is 0.0262. The van der Waals surface area contributed by atoms with Crippen molar-refractivity contribution in [1.82, 2.24) is 0 Å². The Balaban J connectivity index is 0.000000440. The van der Waals surface area contributed by atoms with Gasteiger partial charge in [-0.15, -0.1) is 0 Å². The van der Waals surface area contributed by atoms with Crippen LogP contribution in [0.4, 0.5) is 0 Å². The second kappa shape index (κ2) is 34.2. The maximum absolute atomic E-state index is 11.9. The van der Waals surface area contributed by atoms with Crippen molar-refractivity contribution in [3.05, 3.63) is 82.9 Å². The average Bonchev–Trinajstić information content (AvgIpc) is 3.27. The molecule has 0 radical (unpaired) electrons. The summed E-state index contributed by atoms with van der Waals surface area (Å²) in [5.74, 6) is 0. The molecule has 65 heavy (non-hydrogen) atoms. The molecule has 0 spiro atoms. The summed E-state index contributed by atoms with van der Waals surface area (Å²) in [6.45, 7) is 8.92. The van der Waals surface area contributed by atoms with Gasteiger partial charge in [0.25, 0.3) is 0 Å². The molecule has 0 aliphatic carbocycles. The van der Waals surface area contributed by atoms with Crippen LogP contribution in [-0.4, -0.2) is 25.9 Å². The molecule has 0 fully saturated rings. The van der Waals surface area contributed by atoms with Crippen molar-refractivity contribution in [1.29, 1.82) is 0 Å². The Bertz CT molecular complexity index is 1960. The van der Waals surface area contributed by atoms with Crippen LogP contribution >= 0.6 is 0 Å². The second-order valence-corrected chi connectivity index (χ2v) is 21.3. The molecule has 4 rings (SSSR count). The molecule has 360 valence electrons. The van der Waals surface area contributed by atoms with Crippen LogP contribution < -0.4 is 0 Å². The molecule has 0 N–H and O–H groups in total. The predicted octanol–water partition coefficient (Wildman–Crippen LogP) is 16.7. The Morgan fingerprint density at radius 3 is 0.877 bits per heavy atom. The van der Waals surface area contributed by atoms with Crippen molar-refractivity contribution in [2.75, 3.05) is 0 Å². The van der Waals surface area contributed by atoms with Crippen molar-refractivity contribution < 1.29 is 45.4 Å². The SMILES string of the molecule is CCCCCCCCCc1ccc2c(CCCCCCCCC)c(S(=O)(=O)[O-])ccc2c1.CCCCCCCCCc1ccc2c(CCCCCCCCC)c(S(=O)(=O)[O-])ccc2c1.[Zn+2]. The van der Waals surface area contributed by atoms with Crippen molar-refractivity contribution in [3.63, 3.8) is 0 Å². The second-order valence-electron chi connectivity index (χ2n) is 18.6. The van der Waals surface area contributed by atoms with Gasteiger partial charge in [-0.2, -0.15) is 0 Å². The van der Waals surface area contributed by atoms with Crippen LogP contribution in [0, 0.1) is 0 Å². The third kappa shape index (κ3) is 23.1. The zero-order valence-corrected chi connectivity index (χ0v) is 46.0. The van der Waals surface area contributed by atoms with E-state index in [-0.39, 0.29) is 29.3 Å². The van der Waals surface area contributed by atoms with E-state index in [2.05, 4.69) is 52.0 Å². The van der Waals surface area contributed by atoms with Crippen LogP contribution in [0.2, 0.25) is 0 Å². The molecule has 0 atom stereocenters. The number of benzene rings is 4. The van der Waals surface area contributed by atoms with Crippen LogP contribution in [0.3, 0.4) is 0 Å². The third-order valence-electron chi connectivity index (χ3n) is 13.0. The van der Waals surface area contributed by atoms with Gasteiger partial charge < -0.3 is 9.11 Å². The molecule has 0 saturated carbocycles. The van der Waals surface area contributed by atoms with Crippen molar-refractivity contribution >= 4 is 41.8 Å². The zero-order valence-electron chi connectivity index (χ0n) is 41.4. The molecule has 0 unspecified atom stereocenters. The maximum atomic E-state index is 11.9. The van der Waals surface area contributed by atoms with E-state index in [4.69, 9.17) is 0 Å². The number of aryl methyl sites for hydroxylation is 4. The fraction of sp³-hybridized carbons (Fsp3) is 0.643. The van der Waals surface area contributed by atoms with E-state index in [1.54, 1.807) is 0 Å². The first kappa shape index (κ1) is 59.0.